The fraction of sp³-hybridized carbons (Fsp3) is 0.375. The van der Waals surface area contributed by atoms with Crippen molar-refractivity contribution < 1.29 is 13.9 Å². The van der Waals surface area contributed by atoms with Gasteiger partial charge in [0.1, 0.15) is 0 Å². The third kappa shape index (κ3) is 2.46. The van der Waals surface area contributed by atoms with Crippen LogP contribution in [0.4, 0.5) is 4.39 Å². The Labute approximate surface area is 84.0 Å². The number of pyridine rings is 1. The molecule has 0 spiro atoms. The first-order valence-corrected chi connectivity index (χ1v) is 4.36. The first-order valence-electron chi connectivity index (χ1n) is 3.56. The summed E-state index contributed by atoms with van der Waals surface area (Å²) in [5.41, 5.74) is 0.408. The van der Waals surface area contributed by atoms with Gasteiger partial charge in [-0.3, -0.25) is 0 Å². The Bertz CT molecular complexity index is 291. The Morgan fingerprint density at radius 2 is 2.00 bits per heavy atom. The molecule has 0 saturated carbocycles. The fourth-order valence-corrected chi connectivity index (χ4v) is 1.12. The molecule has 0 N–H and O–H groups in total. The Morgan fingerprint density at radius 1 is 1.38 bits per heavy atom. The third-order valence-electron chi connectivity index (χ3n) is 1.49. The molecule has 0 saturated heterocycles. The molecule has 13 heavy (non-hydrogen) atoms. The molecule has 3 nitrogen and oxygen atoms in total. The summed E-state index contributed by atoms with van der Waals surface area (Å²) in [6.45, 7) is 0. The summed E-state index contributed by atoms with van der Waals surface area (Å²) < 4.78 is 23.1. The molecule has 1 aromatic rings. The quantitative estimate of drug-likeness (QED) is 0.609. The summed E-state index contributed by atoms with van der Waals surface area (Å²) in [6, 6.07) is 3.19. The van der Waals surface area contributed by atoms with Crippen molar-refractivity contribution in [3.05, 3.63) is 28.2 Å². The van der Waals surface area contributed by atoms with E-state index in [9.17, 15) is 4.39 Å². The lowest BCUT2D eigenvalue weighted by Crippen LogP contribution is -2.06. The molecule has 0 fully saturated rings. The van der Waals surface area contributed by atoms with Crippen LogP contribution in [0.1, 0.15) is 12.0 Å². The molecule has 0 bridgehead atoms. The molecule has 0 atom stereocenters. The minimum atomic E-state index is -0.623. The minimum Gasteiger partial charge on any atom is -0.350 e. The van der Waals surface area contributed by atoms with Gasteiger partial charge in [0, 0.05) is 14.2 Å². The van der Waals surface area contributed by atoms with Crippen LogP contribution in [0.3, 0.4) is 0 Å². The van der Waals surface area contributed by atoms with Gasteiger partial charge in [-0.1, -0.05) is 0 Å². The highest BCUT2D eigenvalue weighted by Gasteiger charge is 2.12. The summed E-state index contributed by atoms with van der Waals surface area (Å²) in [7, 11) is 2.94. The van der Waals surface area contributed by atoms with Crippen LogP contribution < -0.4 is 0 Å². The van der Waals surface area contributed by atoms with Crippen LogP contribution in [0.5, 0.6) is 0 Å². The Morgan fingerprint density at radius 3 is 2.46 bits per heavy atom. The van der Waals surface area contributed by atoms with Crippen molar-refractivity contribution in [2.45, 2.75) is 6.29 Å². The van der Waals surface area contributed by atoms with E-state index in [1.807, 2.05) is 0 Å². The van der Waals surface area contributed by atoms with Crippen molar-refractivity contribution in [3.63, 3.8) is 0 Å². The van der Waals surface area contributed by atoms with Gasteiger partial charge in [0.05, 0.1) is 10.2 Å². The van der Waals surface area contributed by atoms with Gasteiger partial charge in [0.15, 0.2) is 0 Å². The van der Waals surface area contributed by atoms with Crippen LogP contribution >= 0.6 is 15.9 Å². The molecule has 1 heterocycles. The highest BCUT2D eigenvalue weighted by atomic mass is 79.9. The van der Waals surface area contributed by atoms with E-state index in [2.05, 4.69) is 20.9 Å². The van der Waals surface area contributed by atoms with Gasteiger partial charge in [-0.05, 0) is 28.1 Å². The number of nitrogens with zero attached hydrogens (tertiary/aromatic N) is 1. The Hall–Kier alpha value is -0.520. The minimum absolute atomic E-state index is 0.321. The smallest absolute Gasteiger partial charge is 0.227 e. The SMILES string of the molecule is COC(OC)c1ccc(Br)c(F)n1. The highest BCUT2D eigenvalue weighted by molar-refractivity contribution is 9.10. The molecule has 5 heteroatoms. The van der Waals surface area contributed by atoms with Crippen molar-refractivity contribution in [3.8, 4) is 0 Å². The average Bonchev–Trinajstić information content (AvgIpc) is 2.13. The van der Waals surface area contributed by atoms with E-state index in [1.54, 1.807) is 12.1 Å². The van der Waals surface area contributed by atoms with Gasteiger partial charge in [0.2, 0.25) is 12.2 Å². The molecular weight excluding hydrogens is 241 g/mol. The fourth-order valence-electron chi connectivity index (χ4n) is 0.900. The zero-order valence-electron chi connectivity index (χ0n) is 7.25. The lowest BCUT2D eigenvalue weighted by molar-refractivity contribution is -0.109. The van der Waals surface area contributed by atoms with Gasteiger partial charge in [0.25, 0.3) is 0 Å². The Balaban J connectivity index is 2.95. The summed E-state index contributed by atoms with van der Waals surface area (Å²) in [4.78, 5) is 3.65. The molecule has 0 aliphatic rings. The van der Waals surface area contributed by atoms with Crippen LogP contribution in [0.15, 0.2) is 16.6 Å². The number of halogens is 2. The standard InChI is InChI=1S/C8H9BrFNO2/c1-12-8(13-2)6-4-3-5(9)7(10)11-6/h3-4,8H,1-2H3. The maximum absolute atomic E-state index is 12.9. The van der Waals surface area contributed by atoms with Crippen molar-refractivity contribution >= 4 is 15.9 Å². The van der Waals surface area contributed by atoms with Crippen molar-refractivity contribution in [2.75, 3.05) is 14.2 Å². The van der Waals surface area contributed by atoms with Gasteiger partial charge in [-0.25, -0.2) is 4.98 Å². The summed E-state index contributed by atoms with van der Waals surface area (Å²) >= 11 is 3.00. The second-order valence-electron chi connectivity index (χ2n) is 2.31. The van der Waals surface area contributed by atoms with E-state index in [0.29, 0.717) is 10.2 Å². The van der Waals surface area contributed by atoms with E-state index in [0.717, 1.165) is 0 Å². The van der Waals surface area contributed by atoms with Crippen molar-refractivity contribution in [1.29, 1.82) is 0 Å². The van der Waals surface area contributed by atoms with Gasteiger partial charge < -0.3 is 9.47 Å². The summed E-state index contributed by atoms with van der Waals surface area (Å²) in [5, 5.41) is 0. The zero-order chi connectivity index (χ0) is 9.84. The van der Waals surface area contributed by atoms with Crippen LogP contribution in [0.25, 0.3) is 0 Å². The van der Waals surface area contributed by atoms with Gasteiger partial charge >= 0.3 is 0 Å². The van der Waals surface area contributed by atoms with Crippen LogP contribution in [-0.2, 0) is 9.47 Å². The van der Waals surface area contributed by atoms with Gasteiger partial charge in [-0.2, -0.15) is 4.39 Å². The normalized spacial score (nSPS) is 10.8. The van der Waals surface area contributed by atoms with Crippen molar-refractivity contribution in [2.24, 2.45) is 0 Å². The summed E-state index contributed by atoms with van der Waals surface area (Å²) in [5.74, 6) is -0.573. The summed E-state index contributed by atoms with van der Waals surface area (Å²) in [6.07, 6.45) is -0.623. The number of hydrogen-bond acceptors (Lipinski definition) is 3. The second kappa shape index (κ2) is 4.64. The maximum atomic E-state index is 12.9. The molecule has 0 amide bonds. The van der Waals surface area contributed by atoms with E-state index in [-0.39, 0.29) is 0 Å². The monoisotopic (exact) mass is 249 g/mol. The number of hydrogen-bond donors (Lipinski definition) is 0. The predicted octanol–water partition coefficient (Wildman–Crippen LogP) is 2.27. The number of aromatic nitrogens is 1. The van der Waals surface area contributed by atoms with Gasteiger partial charge in [-0.15, -0.1) is 0 Å². The molecule has 1 aromatic heterocycles. The van der Waals surface area contributed by atoms with E-state index < -0.39 is 12.2 Å². The molecule has 0 aliphatic heterocycles. The predicted molar refractivity (Wildman–Crippen MR) is 48.7 cm³/mol. The van der Waals surface area contributed by atoms with Crippen molar-refractivity contribution in [1.82, 2.24) is 4.98 Å². The molecule has 72 valence electrons. The van der Waals surface area contributed by atoms with E-state index in [4.69, 9.17) is 9.47 Å². The maximum Gasteiger partial charge on any atom is 0.227 e. The highest BCUT2D eigenvalue weighted by Crippen LogP contribution is 2.19. The molecule has 0 aromatic carbocycles. The lowest BCUT2D eigenvalue weighted by atomic mass is 10.3. The largest absolute Gasteiger partial charge is 0.350 e. The first-order chi connectivity index (χ1) is 6.19. The first kappa shape index (κ1) is 10.6. The average molecular weight is 250 g/mol. The molecular formula is C8H9BrFNO2. The zero-order valence-corrected chi connectivity index (χ0v) is 8.84. The molecule has 0 aliphatic carbocycles. The van der Waals surface area contributed by atoms with E-state index >= 15 is 0 Å². The molecule has 1 rings (SSSR count). The van der Waals surface area contributed by atoms with Crippen LogP contribution in [-0.4, -0.2) is 19.2 Å². The lowest BCUT2D eigenvalue weighted by Gasteiger charge is -2.12. The van der Waals surface area contributed by atoms with Crippen LogP contribution in [0.2, 0.25) is 0 Å². The third-order valence-corrected chi connectivity index (χ3v) is 2.09. The topological polar surface area (TPSA) is 31.4 Å². The number of methoxy groups -OCH3 is 2. The molecule has 0 radical (unpaired) electrons. The second-order valence-corrected chi connectivity index (χ2v) is 3.17. The van der Waals surface area contributed by atoms with Crippen LogP contribution in [0, 0.1) is 5.95 Å². The Kier molecular flexibility index (Phi) is 3.77. The number of rotatable bonds is 3. The number of ether oxygens (including phenoxy) is 2. The molecule has 0 unspecified atom stereocenters. The van der Waals surface area contributed by atoms with E-state index in [1.165, 1.54) is 14.2 Å².